The number of amidine groups is 1. The van der Waals surface area contributed by atoms with Gasteiger partial charge in [0.2, 0.25) is 0 Å². The van der Waals surface area contributed by atoms with Gasteiger partial charge in [-0.05, 0) is 30.2 Å². The highest BCUT2D eigenvalue weighted by Crippen LogP contribution is 2.29. The van der Waals surface area contributed by atoms with Gasteiger partial charge in [-0.1, -0.05) is 31.4 Å². The van der Waals surface area contributed by atoms with Crippen LogP contribution in [-0.2, 0) is 0 Å². The molecule has 3 rings (SSSR count). The first-order valence-electron chi connectivity index (χ1n) is 6.50. The fourth-order valence-corrected chi connectivity index (χ4v) is 2.87. The zero-order valence-electron chi connectivity index (χ0n) is 11.6. The van der Waals surface area contributed by atoms with Gasteiger partial charge in [0.25, 0.3) is 5.56 Å². The lowest BCUT2D eigenvalue weighted by Gasteiger charge is -2.17. The van der Waals surface area contributed by atoms with Gasteiger partial charge in [-0.3, -0.25) is 4.79 Å². The normalized spacial score (nSPS) is 14.5. The molecule has 0 amide bonds. The van der Waals surface area contributed by atoms with Crippen molar-refractivity contribution in [3.63, 3.8) is 0 Å². The maximum absolute atomic E-state index is 12.3. The number of nitrogens with one attached hydrogen (secondary N) is 2. The zero-order valence-corrected chi connectivity index (χ0v) is 12.4. The zero-order chi connectivity index (χ0) is 15.7. The number of aromatic hydroxyl groups is 1. The summed E-state index contributed by atoms with van der Waals surface area (Å²) in [7, 11) is 0. The summed E-state index contributed by atoms with van der Waals surface area (Å²) < 4.78 is 2.96. The van der Waals surface area contributed by atoms with Gasteiger partial charge in [0.05, 0.1) is 16.1 Å². The minimum atomic E-state index is -0.409. The summed E-state index contributed by atoms with van der Waals surface area (Å²) >= 11 is 1.27. The molecule has 0 bridgehead atoms. The Morgan fingerprint density at radius 2 is 2.00 bits per heavy atom. The first-order valence-corrected chi connectivity index (χ1v) is 7.32. The van der Waals surface area contributed by atoms with Gasteiger partial charge in [0, 0.05) is 5.39 Å². The largest absolute Gasteiger partial charge is 0.506 e. The fourth-order valence-electron chi connectivity index (χ4n) is 2.20. The van der Waals surface area contributed by atoms with E-state index in [1.807, 2.05) is 0 Å². The Balaban J connectivity index is 2.25. The van der Waals surface area contributed by atoms with Crippen LogP contribution in [0.2, 0.25) is 0 Å². The number of pyridine rings is 1. The molecule has 1 aliphatic rings. The third-order valence-electron chi connectivity index (χ3n) is 3.25. The van der Waals surface area contributed by atoms with Crippen molar-refractivity contribution in [3.8, 4) is 5.75 Å². The summed E-state index contributed by atoms with van der Waals surface area (Å²) in [5.41, 5.74) is 0.868. The molecule has 3 N–H and O–H groups in total. The molecule has 0 saturated carbocycles. The van der Waals surface area contributed by atoms with Crippen LogP contribution in [0.5, 0.6) is 5.75 Å². The van der Waals surface area contributed by atoms with Crippen LogP contribution in [0.3, 0.4) is 0 Å². The van der Waals surface area contributed by atoms with Gasteiger partial charge < -0.3 is 14.8 Å². The lowest BCUT2D eigenvalue weighted by atomic mass is 10.1. The van der Waals surface area contributed by atoms with E-state index in [1.54, 1.807) is 36.4 Å². The van der Waals surface area contributed by atoms with Crippen molar-refractivity contribution in [2.45, 2.75) is 0 Å². The minimum Gasteiger partial charge on any atom is -0.506 e. The Kier molecular flexibility index (Phi) is 3.60. The number of nitrogens with zero attached hydrogens (tertiary/aromatic N) is 1. The van der Waals surface area contributed by atoms with Gasteiger partial charge in [0.15, 0.2) is 5.84 Å². The highest BCUT2D eigenvalue weighted by molar-refractivity contribution is 8.02. The molecule has 22 heavy (non-hydrogen) atoms. The standard InChI is InChI=1S/C16H13N3O2S/c1-3-10-12(4-2)22-19-15(17-10)13-14(20)9-7-5-6-8-11(9)18-16(13)21/h3-8H,1-2H2,(H,17,19)(H2,18,20,21). The molecule has 0 spiro atoms. The van der Waals surface area contributed by atoms with E-state index in [0.717, 1.165) is 4.91 Å². The van der Waals surface area contributed by atoms with Gasteiger partial charge >= 0.3 is 0 Å². The Morgan fingerprint density at radius 3 is 2.73 bits per heavy atom. The number of aromatic amines is 1. The van der Waals surface area contributed by atoms with E-state index in [2.05, 4.69) is 27.9 Å². The molecule has 0 atom stereocenters. The predicted molar refractivity (Wildman–Crippen MR) is 90.9 cm³/mol. The average Bonchev–Trinajstić information content (AvgIpc) is 2.54. The van der Waals surface area contributed by atoms with E-state index in [-0.39, 0.29) is 17.1 Å². The Bertz CT molecular complexity index is 909. The maximum atomic E-state index is 12.3. The summed E-state index contributed by atoms with van der Waals surface area (Å²) in [6.07, 6.45) is 3.23. The number of rotatable bonds is 3. The van der Waals surface area contributed by atoms with Crippen LogP contribution in [-0.4, -0.2) is 15.9 Å². The molecule has 0 radical (unpaired) electrons. The Labute approximate surface area is 130 Å². The van der Waals surface area contributed by atoms with Crippen LogP contribution in [0.4, 0.5) is 0 Å². The molecule has 2 heterocycles. The van der Waals surface area contributed by atoms with Crippen molar-refractivity contribution in [1.82, 2.24) is 9.71 Å². The van der Waals surface area contributed by atoms with Crippen molar-refractivity contribution >= 4 is 28.7 Å². The second-order valence-corrected chi connectivity index (χ2v) is 5.39. The van der Waals surface area contributed by atoms with Crippen molar-refractivity contribution < 1.29 is 5.11 Å². The minimum absolute atomic E-state index is 0.100. The number of H-pyrrole nitrogens is 1. The Morgan fingerprint density at radius 1 is 1.23 bits per heavy atom. The number of aromatic nitrogens is 1. The van der Waals surface area contributed by atoms with Gasteiger partial charge in [-0.25, -0.2) is 4.99 Å². The van der Waals surface area contributed by atoms with E-state index in [0.29, 0.717) is 16.6 Å². The first kappa shape index (κ1) is 14.2. The number of benzene rings is 1. The smallest absolute Gasteiger partial charge is 0.263 e. The monoisotopic (exact) mass is 311 g/mol. The number of allylic oxidation sites excluding steroid dienone is 2. The van der Waals surface area contributed by atoms with Crippen LogP contribution in [0.1, 0.15) is 5.56 Å². The van der Waals surface area contributed by atoms with Crippen LogP contribution in [0.15, 0.2) is 70.0 Å². The molecular weight excluding hydrogens is 298 g/mol. The van der Waals surface area contributed by atoms with E-state index in [4.69, 9.17) is 0 Å². The SMILES string of the molecule is C=CC1=C(C=C)SNC(c2c(O)c3ccccc3[nH]c2=O)=N1. The highest BCUT2D eigenvalue weighted by Gasteiger charge is 2.21. The summed E-state index contributed by atoms with van der Waals surface area (Å²) in [5, 5.41) is 11.0. The van der Waals surface area contributed by atoms with E-state index >= 15 is 0 Å². The maximum Gasteiger partial charge on any atom is 0.263 e. The van der Waals surface area contributed by atoms with Crippen LogP contribution >= 0.6 is 11.9 Å². The summed E-state index contributed by atoms with van der Waals surface area (Å²) in [6.45, 7) is 7.41. The van der Waals surface area contributed by atoms with Crippen molar-refractivity contribution in [2.24, 2.45) is 4.99 Å². The van der Waals surface area contributed by atoms with E-state index in [9.17, 15) is 9.90 Å². The fraction of sp³-hybridized carbons (Fsp3) is 0. The molecule has 110 valence electrons. The van der Waals surface area contributed by atoms with Crippen molar-refractivity contribution in [2.75, 3.05) is 0 Å². The number of fused-ring (bicyclic) bond motifs is 1. The van der Waals surface area contributed by atoms with Gasteiger partial charge in [-0.2, -0.15) is 0 Å². The van der Waals surface area contributed by atoms with Crippen LogP contribution < -0.4 is 10.3 Å². The third kappa shape index (κ3) is 2.23. The summed E-state index contributed by atoms with van der Waals surface area (Å²) in [5.74, 6) is 0.187. The van der Waals surface area contributed by atoms with Crippen LogP contribution in [0.25, 0.3) is 10.9 Å². The highest BCUT2D eigenvalue weighted by atomic mass is 32.2. The van der Waals surface area contributed by atoms with Crippen LogP contribution in [0, 0.1) is 0 Å². The lowest BCUT2D eigenvalue weighted by molar-refractivity contribution is 0.479. The number of hydrogen-bond acceptors (Lipinski definition) is 5. The average molecular weight is 311 g/mol. The molecule has 0 aliphatic carbocycles. The topological polar surface area (TPSA) is 77.5 Å². The van der Waals surface area contributed by atoms with Crippen molar-refractivity contribution in [1.29, 1.82) is 0 Å². The molecule has 0 unspecified atom stereocenters. The molecule has 2 aromatic rings. The van der Waals surface area contributed by atoms with Gasteiger partial charge in [-0.15, -0.1) is 0 Å². The molecule has 1 aromatic heterocycles. The predicted octanol–water partition coefficient (Wildman–Crippen LogP) is 2.82. The quantitative estimate of drug-likeness (QED) is 0.762. The molecular formula is C16H13N3O2S. The first-order chi connectivity index (χ1) is 10.7. The third-order valence-corrected chi connectivity index (χ3v) is 4.14. The molecule has 0 saturated heterocycles. The van der Waals surface area contributed by atoms with Gasteiger partial charge in [0.1, 0.15) is 11.3 Å². The lowest BCUT2D eigenvalue weighted by Crippen LogP contribution is -2.28. The molecule has 0 fully saturated rings. The molecule has 1 aliphatic heterocycles. The van der Waals surface area contributed by atoms with Crippen molar-refractivity contribution in [3.05, 3.63) is 76.1 Å². The van der Waals surface area contributed by atoms with E-state index < -0.39 is 5.56 Å². The molecule has 1 aromatic carbocycles. The summed E-state index contributed by atoms with van der Waals surface area (Å²) in [6, 6.07) is 7.05. The number of aliphatic imine (C=N–C) groups is 1. The number of hydrogen-bond donors (Lipinski definition) is 3. The second kappa shape index (κ2) is 5.57. The second-order valence-electron chi connectivity index (χ2n) is 4.55. The summed E-state index contributed by atoms with van der Waals surface area (Å²) in [4.78, 5) is 20.2. The molecule has 6 heteroatoms. The number of para-hydroxylation sites is 1. The Hall–Kier alpha value is -2.73. The van der Waals surface area contributed by atoms with E-state index in [1.165, 1.54) is 11.9 Å². The molecule has 5 nitrogen and oxygen atoms in total.